The van der Waals surface area contributed by atoms with Crippen LogP contribution in [0.15, 0.2) is 21.9 Å². The number of nitro groups is 1. The summed E-state index contributed by atoms with van der Waals surface area (Å²) in [6, 6.07) is 3.15. The molecule has 0 aliphatic heterocycles. The third-order valence-corrected chi connectivity index (χ3v) is 15.0. The lowest BCUT2D eigenvalue weighted by Gasteiger charge is -2.61. The molecule has 4 fully saturated rings. The number of benzene rings is 1. The van der Waals surface area contributed by atoms with E-state index < -0.39 is 10.8 Å². The van der Waals surface area contributed by atoms with Crippen LogP contribution in [0.3, 0.4) is 0 Å². The summed E-state index contributed by atoms with van der Waals surface area (Å²) in [5, 5.41) is 25.9. The van der Waals surface area contributed by atoms with Gasteiger partial charge in [-0.25, -0.2) is 4.63 Å². The summed E-state index contributed by atoms with van der Waals surface area (Å²) >= 11 is 4.52. The molecule has 4 aliphatic rings. The van der Waals surface area contributed by atoms with Crippen LogP contribution in [0.1, 0.15) is 97.0 Å². The molecule has 4 unspecified atom stereocenters. The van der Waals surface area contributed by atoms with Gasteiger partial charge in [0.05, 0.1) is 37.3 Å². The van der Waals surface area contributed by atoms with Gasteiger partial charge in [-0.15, -0.1) is 0 Å². The Hall–Kier alpha value is -3.46. The average Bonchev–Trinajstić information content (AvgIpc) is 3.82. The van der Waals surface area contributed by atoms with E-state index >= 15 is 0 Å². The van der Waals surface area contributed by atoms with Crippen molar-refractivity contribution in [2.75, 3.05) is 45.3 Å². The Kier molecular flexibility index (Phi) is 14.2. The maximum absolute atomic E-state index is 13.6. The highest BCUT2D eigenvalue weighted by molar-refractivity contribution is 7.80. The van der Waals surface area contributed by atoms with Crippen LogP contribution >= 0.6 is 12.6 Å². The number of carbonyl (C=O) groups is 2. The first-order valence-corrected chi connectivity index (χ1v) is 21.2. The number of hydrogen-bond donors (Lipinski definition) is 2. The molecule has 6 rings (SSSR count). The number of esters is 1. The Labute approximate surface area is 334 Å². The van der Waals surface area contributed by atoms with E-state index in [-0.39, 0.29) is 41.1 Å². The van der Waals surface area contributed by atoms with Gasteiger partial charge in [0.1, 0.15) is 12.1 Å². The van der Waals surface area contributed by atoms with Crippen molar-refractivity contribution in [1.82, 2.24) is 15.6 Å². The number of nitrogens with one attached hydrogen (secondary N) is 1. The maximum Gasteiger partial charge on any atom is 0.305 e. The molecule has 2 aromatic rings. The van der Waals surface area contributed by atoms with Gasteiger partial charge in [-0.05, 0) is 144 Å². The molecule has 308 valence electrons. The summed E-state index contributed by atoms with van der Waals surface area (Å²) in [5.41, 5.74) is 9.77. The number of thiol groups is 1. The fourth-order valence-electron chi connectivity index (χ4n) is 11.7. The number of nitro benzene ring substituents is 1. The van der Waals surface area contributed by atoms with Crippen molar-refractivity contribution in [3.63, 3.8) is 0 Å². The highest BCUT2D eigenvalue weighted by atomic mass is 32.1. The van der Waals surface area contributed by atoms with Gasteiger partial charge < -0.3 is 19.5 Å². The first kappa shape index (κ1) is 42.2. The number of ether oxygens (including phenoxy) is 3. The number of nitrogens with zero attached hydrogens (tertiary/aromatic N) is 6. The van der Waals surface area contributed by atoms with Gasteiger partial charge in [-0.2, -0.15) is 12.6 Å². The Morgan fingerprint density at radius 3 is 2.54 bits per heavy atom. The van der Waals surface area contributed by atoms with Gasteiger partial charge in [0.25, 0.3) is 0 Å². The van der Waals surface area contributed by atoms with Crippen LogP contribution in [-0.4, -0.2) is 78.5 Å². The second-order valence-electron chi connectivity index (χ2n) is 17.3. The summed E-state index contributed by atoms with van der Waals surface area (Å²) in [4.78, 5) is 39.8. The molecule has 1 heterocycles. The molecule has 0 spiro atoms. The molecule has 1 N–H and O–H groups in total. The molecular formula is C40H59N7O8S. The number of azide groups is 1. The second kappa shape index (κ2) is 18.9. The lowest BCUT2D eigenvalue weighted by molar-refractivity contribution is -0.383. The van der Waals surface area contributed by atoms with Crippen molar-refractivity contribution in [2.45, 2.75) is 104 Å². The normalized spacial score (nSPS) is 30.6. The van der Waals surface area contributed by atoms with Gasteiger partial charge >= 0.3 is 11.7 Å². The van der Waals surface area contributed by atoms with Gasteiger partial charge in [0.15, 0.2) is 0 Å². The quantitative estimate of drug-likeness (QED) is 0.0207. The monoisotopic (exact) mass is 797 g/mol. The van der Waals surface area contributed by atoms with Crippen LogP contribution in [0.25, 0.3) is 21.5 Å². The minimum Gasteiger partial charge on any atom is -0.463 e. The SMILES string of the molecule is C[C@H](CCC(=O)OCCOCCOCCN=[N+]=[N-])C1CCC2C3CC[C@@H]4C[C@H](NC(=O)[C@H](CS)Cc5ccc([N+](=O)[O-])c6nonc56)CC[C@]4(C)C3CC[C@@]21C. The highest BCUT2D eigenvalue weighted by Gasteiger charge is 2.60. The summed E-state index contributed by atoms with van der Waals surface area (Å²) in [6.45, 7) is 9.45. The summed E-state index contributed by atoms with van der Waals surface area (Å²) < 4.78 is 21.1. The van der Waals surface area contributed by atoms with E-state index in [4.69, 9.17) is 24.4 Å². The molecule has 4 saturated carbocycles. The van der Waals surface area contributed by atoms with Crippen LogP contribution in [0.2, 0.25) is 0 Å². The Morgan fingerprint density at radius 2 is 1.77 bits per heavy atom. The topological polar surface area (TPSA) is 205 Å². The van der Waals surface area contributed by atoms with Crippen LogP contribution < -0.4 is 5.32 Å². The van der Waals surface area contributed by atoms with E-state index in [2.05, 4.69) is 59.1 Å². The zero-order chi connectivity index (χ0) is 39.9. The van der Waals surface area contributed by atoms with Crippen LogP contribution in [-0.2, 0) is 30.2 Å². The number of fused-ring (bicyclic) bond motifs is 6. The lowest BCUT2D eigenvalue weighted by Crippen LogP contribution is -2.56. The van der Waals surface area contributed by atoms with Crippen molar-refractivity contribution < 1.29 is 33.4 Å². The van der Waals surface area contributed by atoms with Crippen molar-refractivity contribution in [3.8, 4) is 0 Å². The minimum atomic E-state index is -0.509. The van der Waals surface area contributed by atoms with Crippen LogP contribution in [0, 0.1) is 62.4 Å². The summed E-state index contributed by atoms with van der Waals surface area (Å²) in [7, 11) is 0. The third-order valence-electron chi connectivity index (χ3n) is 14.6. The van der Waals surface area contributed by atoms with Crippen molar-refractivity contribution in [2.24, 2.45) is 57.4 Å². The highest BCUT2D eigenvalue weighted by Crippen LogP contribution is 2.68. The molecule has 0 radical (unpaired) electrons. The number of amides is 1. The van der Waals surface area contributed by atoms with Crippen molar-refractivity contribution in [3.05, 3.63) is 38.3 Å². The molecule has 16 heteroatoms. The molecule has 15 nitrogen and oxygen atoms in total. The van der Waals surface area contributed by atoms with Gasteiger partial charge in [0, 0.05) is 35.7 Å². The zero-order valence-corrected chi connectivity index (χ0v) is 34.0. The summed E-state index contributed by atoms with van der Waals surface area (Å²) in [5.74, 6) is 3.54. The lowest BCUT2D eigenvalue weighted by atomic mass is 9.44. The van der Waals surface area contributed by atoms with E-state index in [0.29, 0.717) is 91.7 Å². The van der Waals surface area contributed by atoms with Gasteiger partial charge in [-0.1, -0.05) is 25.9 Å². The Morgan fingerprint density at radius 1 is 1.04 bits per heavy atom. The Balaban J connectivity index is 0.955. The molecular weight excluding hydrogens is 739 g/mol. The van der Waals surface area contributed by atoms with Crippen molar-refractivity contribution >= 4 is 41.2 Å². The standard InChI is InChI=1S/C40H59N7O8S/c1-25(4-11-35(48)54-21-20-53-19-18-52-17-16-42-46-41)31-8-9-32-30-7-6-28-23-29(12-14-39(28,2)33(30)13-15-40(31,32)3)43-38(49)27(24-56)22-26-5-10-34(47(50)51)37-36(26)44-55-45-37/h5,10,25,27-33,56H,4,6-9,11-24H2,1-3H3,(H,43,49)/t25-,27+,28-,29-,30?,31?,32?,33?,39+,40-/m1/s1. The minimum absolute atomic E-state index is 0.0366. The second-order valence-corrected chi connectivity index (χ2v) is 17.7. The molecule has 4 aliphatic carbocycles. The largest absolute Gasteiger partial charge is 0.463 e. The smallest absolute Gasteiger partial charge is 0.305 e. The predicted molar refractivity (Wildman–Crippen MR) is 212 cm³/mol. The molecule has 1 aromatic carbocycles. The Bertz CT molecular complexity index is 1740. The maximum atomic E-state index is 13.6. The molecule has 56 heavy (non-hydrogen) atoms. The molecule has 1 aromatic heterocycles. The third kappa shape index (κ3) is 9.13. The predicted octanol–water partition coefficient (Wildman–Crippen LogP) is 7.67. The van der Waals surface area contributed by atoms with Crippen molar-refractivity contribution in [1.29, 1.82) is 0 Å². The van der Waals surface area contributed by atoms with E-state index in [9.17, 15) is 19.7 Å². The molecule has 1 amide bonds. The number of non-ortho nitro benzene ring substituents is 1. The average molecular weight is 798 g/mol. The van der Waals surface area contributed by atoms with Crippen LogP contribution in [0.5, 0.6) is 0 Å². The van der Waals surface area contributed by atoms with Gasteiger partial charge in [0.2, 0.25) is 11.4 Å². The van der Waals surface area contributed by atoms with E-state index in [1.165, 1.54) is 44.6 Å². The zero-order valence-electron chi connectivity index (χ0n) is 33.1. The molecule has 0 saturated heterocycles. The number of aromatic nitrogens is 2. The number of carbonyl (C=O) groups excluding carboxylic acids is 2. The fourth-order valence-corrected chi connectivity index (χ4v) is 12.0. The number of rotatable bonds is 19. The summed E-state index contributed by atoms with van der Waals surface area (Å²) in [6.07, 6.45) is 12.2. The van der Waals surface area contributed by atoms with E-state index in [1.807, 2.05) is 0 Å². The van der Waals surface area contributed by atoms with E-state index in [0.717, 1.165) is 37.5 Å². The molecule has 0 bridgehead atoms. The van der Waals surface area contributed by atoms with Gasteiger partial charge in [-0.3, -0.25) is 19.7 Å². The van der Waals surface area contributed by atoms with E-state index in [1.54, 1.807) is 6.07 Å². The first-order chi connectivity index (χ1) is 27.0. The fraction of sp³-hybridized carbons (Fsp3) is 0.800. The van der Waals surface area contributed by atoms with Crippen LogP contribution in [0.4, 0.5) is 5.69 Å². The molecule has 10 atom stereocenters. The number of hydrogen-bond acceptors (Lipinski definition) is 12. The first-order valence-electron chi connectivity index (χ1n) is 20.6.